The van der Waals surface area contributed by atoms with Gasteiger partial charge in [0.15, 0.2) is 0 Å². The van der Waals surface area contributed by atoms with Crippen LogP contribution < -0.4 is 5.43 Å². The Hall–Kier alpha value is -1.92. The van der Waals surface area contributed by atoms with Gasteiger partial charge in [-0.05, 0) is 12.1 Å². The highest BCUT2D eigenvalue weighted by Gasteiger charge is 2.02. The lowest BCUT2D eigenvalue weighted by Gasteiger charge is -1.94. The summed E-state index contributed by atoms with van der Waals surface area (Å²) in [5.41, 5.74) is 4.93. The maximum atomic E-state index is 5.14. The van der Waals surface area contributed by atoms with Crippen LogP contribution in [0.4, 0.5) is 5.13 Å². The first-order valence-corrected chi connectivity index (χ1v) is 6.63. The van der Waals surface area contributed by atoms with Crippen LogP contribution in [-0.4, -0.2) is 11.2 Å². The van der Waals surface area contributed by atoms with Crippen molar-refractivity contribution in [3.63, 3.8) is 0 Å². The van der Waals surface area contributed by atoms with Gasteiger partial charge in [0, 0.05) is 10.9 Å². The lowest BCUT2D eigenvalue weighted by Crippen LogP contribution is -1.88. The number of hydrogen-bond acceptors (Lipinski definition) is 5. The molecule has 3 aromatic rings. The van der Waals surface area contributed by atoms with Crippen LogP contribution in [0.1, 0.15) is 5.76 Å². The Morgan fingerprint density at radius 1 is 1.15 bits per heavy atom. The molecular formula is C14H12BrN3OS. The number of anilines is 1. The number of nitrogens with zero attached hydrogens (tertiary/aromatic N) is 2. The van der Waals surface area contributed by atoms with Gasteiger partial charge in [0.25, 0.3) is 0 Å². The molecule has 0 saturated carbocycles. The third kappa shape index (κ3) is 3.55. The van der Waals surface area contributed by atoms with Crippen molar-refractivity contribution in [2.45, 2.75) is 0 Å². The van der Waals surface area contributed by atoms with Crippen molar-refractivity contribution in [2.24, 2.45) is 5.10 Å². The number of furan rings is 1. The number of nitrogens with one attached hydrogen (secondary N) is 1. The minimum absolute atomic E-state index is 0. The number of benzene rings is 1. The molecule has 0 aliphatic heterocycles. The van der Waals surface area contributed by atoms with Crippen LogP contribution in [0.15, 0.2) is 63.6 Å². The number of halogens is 1. The molecular weight excluding hydrogens is 338 g/mol. The number of hydrogen-bond donors (Lipinski definition) is 1. The zero-order valence-electron chi connectivity index (χ0n) is 10.4. The van der Waals surface area contributed by atoms with Crippen molar-refractivity contribution in [1.82, 2.24) is 4.98 Å². The molecule has 1 aromatic carbocycles. The topological polar surface area (TPSA) is 50.4 Å². The Bertz CT molecular complexity index is 665. The van der Waals surface area contributed by atoms with E-state index in [2.05, 4.69) is 15.5 Å². The molecule has 1 N–H and O–H groups in total. The second-order valence-corrected chi connectivity index (χ2v) is 4.65. The maximum absolute atomic E-state index is 5.14. The largest absolute Gasteiger partial charge is 0.463 e. The van der Waals surface area contributed by atoms with Crippen molar-refractivity contribution in [3.8, 4) is 11.3 Å². The molecule has 4 nitrogen and oxygen atoms in total. The van der Waals surface area contributed by atoms with Crippen LogP contribution in [0.3, 0.4) is 0 Å². The summed E-state index contributed by atoms with van der Waals surface area (Å²) < 4.78 is 5.14. The molecule has 0 amide bonds. The standard InChI is InChI=1S/C14H11N3OS.BrH/c1-2-5-11(6-3-1)13-10-19-14(16-13)17-15-9-12-7-4-8-18-12;/h1-10H,(H,16,17);1H. The van der Waals surface area contributed by atoms with E-state index < -0.39 is 0 Å². The second kappa shape index (κ2) is 7.02. The van der Waals surface area contributed by atoms with Gasteiger partial charge < -0.3 is 4.42 Å². The average Bonchev–Trinajstić information content (AvgIpc) is 3.11. The third-order valence-electron chi connectivity index (χ3n) is 2.47. The van der Waals surface area contributed by atoms with Crippen molar-refractivity contribution < 1.29 is 4.42 Å². The average molecular weight is 350 g/mol. The molecule has 0 spiro atoms. The fraction of sp³-hybridized carbons (Fsp3) is 0. The molecule has 0 atom stereocenters. The quantitative estimate of drug-likeness (QED) is 0.560. The predicted octanol–water partition coefficient (Wildman–Crippen LogP) is 4.43. The number of rotatable bonds is 4. The van der Waals surface area contributed by atoms with Crippen molar-refractivity contribution in [3.05, 3.63) is 59.9 Å². The first-order chi connectivity index (χ1) is 9.42. The van der Waals surface area contributed by atoms with Crippen LogP contribution in [-0.2, 0) is 0 Å². The van der Waals surface area contributed by atoms with Crippen molar-refractivity contribution in [2.75, 3.05) is 5.43 Å². The van der Waals surface area contributed by atoms with E-state index in [-0.39, 0.29) is 17.0 Å². The van der Waals surface area contributed by atoms with Gasteiger partial charge in [-0.3, -0.25) is 5.43 Å². The highest BCUT2D eigenvalue weighted by atomic mass is 79.9. The summed E-state index contributed by atoms with van der Waals surface area (Å²) >= 11 is 1.51. The van der Waals surface area contributed by atoms with Crippen molar-refractivity contribution >= 4 is 39.7 Å². The fourth-order valence-electron chi connectivity index (χ4n) is 1.58. The summed E-state index contributed by atoms with van der Waals surface area (Å²) in [7, 11) is 0. The SMILES string of the molecule is Br.C(=NNc1nc(-c2ccccc2)cs1)c1ccco1. The molecule has 0 radical (unpaired) electrons. The smallest absolute Gasteiger partial charge is 0.203 e. The molecule has 20 heavy (non-hydrogen) atoms. The Labute approximate surface area is 130 Å². The molecule has 2 aromatic heterocycles. The molecule has 6 heteroatoms. The Morgan fingerprint density at radius 3 is 2.75 bits per heavy atom. The van der Waals surface area contributed by atoms with E-state index >= 15 is 0 Å². The van der Waals surface area contributed by atoms with Crippen LogP contribution >= 0.6 is 28.3 Å². The normalized spacial score (nSPS) is 10.4. The van der Waals surface area contributed by atoms with Gasteiger partial charge in [-0.2, -0.15) is 5.10 Å². The van der Waals surface area contributed by atoms with Gasteiger partial charge in [-0.1, -0.05) is 30.3 Å². The number of thiazole rings is 1. The highest BCUT2D eigenvalue weighted by Crippen LogP contribution is 2.24. The summed E-state index contributed by atoms with van der Waals surface area (Å²) in [5, 5.41) is 6.82. The summed E-state index contributed by atoms with van der Waals surface area (Å²) in [4.78, 5) is 4.46. The van der Waals surface area contributed by atoms with Crippen LogP contribution in [0.25, 0.3) is 11.3 Å². The predicted molar refractivity (Wildman–Crippen MR) is 87.8 cm³/mol. The van der Waals surface area contributed by atoms with E-state index in [1.54, 1.807) is 12.5 Å². The Balaban J connectivity index is 0.00000147. The first kappa shape index (κ1) is 14.5. The van der Waals surface area contributed by atoms with E-state index in [1.807, 2.05) is 47.8 Å². The van der Waals surface area contributed by atoms with Crippen molar-refractivity contribution in [1.29, 1.82) is 0 Å². The molecule has 2 heterocycles. The highest BCUT2D eigenvalue weighted by molar-refractivity contribution is 8.93. The van der Waals surface area contributed by atoms with E-state index in [1.165, 1.54) is 11.3 Å². The van der Waals surface area contributed by atoms with Gasteiger partial charge >= 0.3 is 0 Å². The maximum Gasteiger partial charge on any atom is 0.203 e. The molecule has 3 rings (SSSR count). The minimum atomic E-state index is 0. The molecule has 102 valence electrons. The van der Waals surface area contributed by atoms with Crippen LogP contribution in [0, 0.1) is 0 Å². The van der Waals surface area contributed by atoms with Gasteiger partial charge in [0.05, 0.1) is 18.2 Å². The molecule has 0 aliphatic rings. The number of hydrazone groups is 1. The fourth-order valence-corrected chi connectivity index (χ4v) is 2.25. The van der Waals surface area contributed by atoms with E-state index in [0.717, 1.165) is 16.4 Å². The monoisotopic (exact) mass is 349 g/mol. The third-order valence-corrected chi connectivity index (χ3v) is 3.22. The van der Waals surface area contributed by atoms with E-state index in [0.29, 0.717) is 5.76 Å². The Morgan fingerprint density at radius 2 is 2.00 bits per heavy atom. The zero-order chi connectivity index (χ0) is 12.9. The number of aromatic nitrogens is 1. The Kier molecular flexibility index (Phi) is 5.09. The summed E-state index contributed by atoms with van der Waals surface area (Å²) in [6, 6.07) is 13.7. The second-order valence-electron chi connectivity index (χ2n) is 3.79. The lowest BCUT2D eigenvalue weighted by atomic mass is 10.2. The molecule has 0 unspecified atom stereocenters. The van der Waals surface area contributed by atoms with Gasteiger partial charge in [-0.25, -0.2) is 4.98 Å². The van der Waals surface area contributed by atoms with Gasteiger partial charge in [-0.15, -0.1) is 28.3 Å². The molecule has 0 bridgehead atoms. The first-order valence-electron chi connectivity index (χ1n) is 5.75. The van der Waals surface area contributed by atoms with E-state index in [4.69, 9.17) is 4.42 Å². The summed E-state index contributed by atoms with van der Waals surface area (Å²) in [6.07, 6.45) is 3.22. The molecule has 0 fully saturated rings. The van der Waals surface area contributed by atoms with Crippen LogP contribution in [0.5, 0.6) is 0 Å². The minimum Gasteiger partial charge on any atom is -0.463 e. The van der Waals surface area contributed by atoms with Crippen LogP contribution in [0.2, 0.25) is 0 Å². The lowest BCUT2D eigenvalue weighted by molar-refractivity contribution is 0.560. The summed E-state index contributed by atoms with van der Waals surface area (Å²) in [6.45, 7) is 0. The zero-order valence-corrected chi connectivity index (χ0v) is 12.9. The molecule has 0 aliphatic carbocycles. The van der Waals surface area contributed by atoms with Gasteiger partial charge in [0.1, 0.15) is 5.76 Å². The van der Waals surface area contributed by atoms with Gasteiger partial charge in [0.2, 0.25) is 5.13 Å². The summed E-state index contributed by atoms with van der Waals surface area (Å²) in [5.74, 6) is 0.701. The molecule has 0 saturated heterocycles. The van der Waals surface area contributed by atoms with E-state index in [9.17, 15) is 0 Å².